The first-order valence-electron chi connectivity index (χ1n) is 8.96. The first-order chi connectivity index (χ1) is 12.2. The number of hydrogen-bond acceptors (Lipinski definition) is 4. The van der Waals surface area contributed by atoms with Crippen LogP contribution in [0.3, 0.4) is 0 Å². The second kappa shape index (κ2) is 6.71. The predicted octanol–water partition coefficient (Wildman–Crippen LogP) is 3.92. The number of nitrogens with zero attached hydrogens (tertiary/aromatic N) is 2. The molecule has 3 heterocycles. The number of amides is 1. The number of ether oxygens (including phenoxy) is 1. The van der Waals surface area contributed by atoms with E-state index in [2.05, 4.69) is 40.6 Å². The van der Waals surface area contributed by atoms with E-state index in [1.165, 1.54) is 10.6 Å². The Kier molecular flexibility index (Phi) is 4.42. The molecule has 25 heavy (non-hydrogen) atoms. The van der Waals surface area contributed by atoms with Crippen molar-refractivity contribution in [2.75, 3.05) is 24.5 Å². The Morgan fingerprint density at radius 3 is 2.60 bits per heavy atom. The summed E-state index contributed by atoms with van der Waals surface area (Å²) in [4.78, 5) is 17.4. The summed E-state index contributed by atoms with van der Waals surface area (Å²) in [6, 6.07) is 12.7. The van der Waals surface area contributed by atoms with E-state index in [1.807, 2.05) is 11.0 Å². The normalized spacial score (nSPS) is 19.2. The SMILES string of the molecule is CC(=O)N1CCC2(CC1)CCN(Cc1cccs1)c1ccccc1O2. The lowest BCUT2D eigenvalue weighted by molar-refractivity contribution is -0.132. The van der Waals surface area contributed by atoms with Crippen molar-refractivity contribution < 1.29 is 9.53 Å². The average molecular weight is 356 g/mol. The number of thiophene rings is 1. The molecule has 1 amide bonds. The van der Waals surface area contributed by atoms with Gasteiger partial charge in [0, 0.05) is 50.7 Å². The van der Waals surface area contributed by atoms with Crippen LogP contribution in [0.5, 0.6) is 5.75 Å². The Balaban J connectivity index is 1.57. The van der Waals surface area contributed by atoms with E-state index in [0.717, 1.165) is 51.2 Å². The fraction of sp³-hybridized carbons (Fsp3) is 0.450. The van der Waals surface area contributed by atoms with Crippen molar-refractivity contribution in [3.63, 3.8) is 0 Å². The van der Waals surface area contributed by atoms with E-state index in [-0.39, 0.29) is 11.5 Å². The number of likely N-dealkylation sites (tertiary alicyclic amines) is 1. The molecule has 1 aromatic carbocycles. The highest BCUT2D eigenvalue weighted by molar-refractivity contribution is 7.09. The van der Waals surface area contributed by atoms with Crippen LogP contribution in [-0.4, -0.2) is 36.0 Å². The number of hydrogen-bond donors (Lipinski definition) is 0. The molecule has 1 fully saturated rings. The van der Waals surface area contributed by atoms with Gasteiger partial charge in [0.15, 0.2) is 0 Å². The van der Waals surface area contributed by atoms with Crippen LogP contribution < -0.4 is 9.64 Å². The zero-order valence-corrected chi connectivity index (χ0v) is 15.4. The summed E-state index contributed by atoms with van der Waals surface area (Å²) in [5, 5.41) is 2.13. The molecule has 0 atom stereocenters. The average Bonchev–Trinajstić information content (AvgIpc) is 3.08. The minimum Gasteiger partial charge on any atom is -0.485 e. The number of carbonyl (C=O) groups is 1. The third kappa shape index (κ3) is 3.38. The quantitative estimate of drug-likeness (QED) is 0.818. The van der Waals surface area contributed by atoms with Crippen LogP contribution in [0, 0.1) is 0 Å². The molecule has 0 radical (unpaired) electrons. The van der Waals surface area contributed by atoms with E-state index in [0.29, 0.717) is 0 Å². The molecule has 0 N–H and O–H groups in total. The van der Waals surface area contributed by atoms with Gasteiger partial charge in [-0.3, -0.25) is 4.79 Å². The first kappa shape index (κ1) is 16.5. The van der Waals surface area contributed by atoms with E-state index >= 15 is 0 Å². The molecular weight excluding hydrogens is 332 g/mol. The van der Waals surface area contributed by atoms with Crippen molar-refractivity contribution in [3.05, 3.63) is 46.7 Å². The molecule has 0 saturated carbocycles. The zero-order chi connectivity index (χ0) is 17.3. The highest BCUT2D eigenvalue weighted by Crippen LogP contribution is 2.41. The van der Waals surface area contributed by atoms with Gasteiger partial charge in [-0.25, -0.2) is 0 Å². The van der Waals surface area contributed by atoms with Crippen LogP contribution in [-0.2, 0) is 11.3 Å². The van der Waals surface area contributed by atoms with Crippen molar-refractivity contribution in [2.24, 2.45) is 0 Å². The fourth-order valence-corrected chi connectivity index (χ4v) is 4.60. The van der Waals surface area contributed by atoms with Crippen LogP contribution in [0.25, 0.3) is 0 Å². The monoisotopic (exact) mass is 356 g/mol. The van der Waals surface area contributed by atoms with E-state index < -0.39 is 0 Å². The summed E-state index contributed by atoms with van der Waals surface area (Å²) >= 11 is 1.80. The number of carbonyl (C=O) groups excluding carboxylic acids is 1. The van der Waals surface area contributed by atoms with Crippen molar-refractivity contribution in [2.45, 2.75) is 38.3 Å². The lowest BCUT2D eigenvalue weighted by Gasteiger charge is -2.41. The maximum Gasteiger partial charge on any atom is 0.219 e. The number of para-hydroxylation sites is 2. The molecular formula is C20H24N2O2S. The molecule has 5 heteroatoms. The van der Waals surface area contributed by atoms with Gasteiger partial charge in [-0.1, -0.05) is 18.2 Å². The topological polar surface area (TPSA) is 32.8 Å². The molecule has 132 valence electrons. The number of fused-ring (bicyclic) bond motifs is 1. The Morgan fingerprint density at radius 1 is 1.12 bits per heavy atom. The van der Waals surface area contributed by atoms with E-state index in [9.17, 15) is 4.79 Å². The summed E-state index contributed by atoms with van der Waals surface area (Å²) in [6.07, 6.45) is 2.82. The van der Waals surface area contributed by atoms with Gasteiger partial charge in [0.1, 0.15) is 11.4 Å². The van der Waals surface area contributed by atoms with Crippen molar-refractivity contribution >= 4 is 22.9 Å². The Morgan fingerprint density at radius 2 is 1.88 bits per heavy atom. The Bertz CT molecular complexity index is 736. The molecule has 0 aliphatic carbocycles. The van der Waals surface area contributed by atoms with Crippen LogP contribution >= 0.6 is 11.3 Å². The third-order valence-electron chi connectivity index (χ3n) is 5.42. The molecule has 2 aliphatic heterocycles. The molecule has 4 rings (SSSR count). The summed E-state index contributed by atoms with van der Waals surface area (Å²) < 4.78 is 6.59. The lowest BCUT2D eigenvalue weighted by atomic mass is 9.87. The summed E-state index contributed by atoms with van der Waals surface area (Å²) in [5.41, 5.74) is 1.04. The molecule has 1 aromatic heterocycles. The summed E-state index contributed by atoms with van der Waals surface area (Å²) in [7, 11) is 0. The predicted molar refractivity (Wildman–Crippen MR) is 101 cm³/mol. The minimum absolute atomic E-state index is 0.147. The first-order valence-corrected chi connectivity index (χ1v) is 9.84. The van der Waals surface area contributed by atoms with Crippen LogP contribution in [0.4, 0.5) is 5.69 Å². The highest BCUT2D eigenvalue weighted by Gasteiger charge is 2.40. The smallest absolute Gasteiger partial charge is 0.219 e. The summed E-state index contributed by atoms with van der Waals surface area (Å²) in [5.74, 6) is 1.15. The van der Waals surface area contributed by atoms with Crippen molar-refractivity contribution in [1.82, 2.24) is 4.90 Å². The molecule has 0 unspecified atom stereocenters. The number of benzene rings is 1. The Hall–Kier alpha value is -2.01. The van der Waals surface area contributed by atoms with Gasteiger partial charge in [-0.15, -0.1) is 11.3 Å². The summed E-state index contributed by atoms with van der Waals surface area (Å²) in [6.45, 7) is 5.15. The second-order valence-corrected chi connectivity index (χ2v) is 8.04. The van der Waals surface area contributed by atoms with Crippen LogP contribution in [0.15, 0.2) is 41.8 Å². The zero-order valence-electron chi connectivity index (χ0n) is 14.6. The number of piperidine rings is 1. The Labute approximate surface area is 153 Å². The van der Waals surface area contributed by atoms with Crippen molar-refractivity contribution in [3.8, 4) is 5.75 Å². The standard InChI is InChI=1S/C20H24N2O2S/c1-16(23)21-11-8-20(9-12-21)10-13-22(15-17-5-4-14-25-17)18-6-2-3-7-19(18)24-20/h2-7,14H,8-13,15H2,1H3. The number of anilines is 1. The number of rotatable bonds is 2. The maximum absolute atomic E-state index is 11.6. The third-order valence-corrected chi connectivity index (χ3v) is 6.28. The maximum atomic E-state index is 11.6. The van der Waals surface area contributed by atoms with Crippen LogP contribution in [0.2, 0.25) is 0 Å². The van der Waals surface area contributed by atoms with Gasteiger partial charge < -0.3 is 14.5 Å². The van der Waals surface area contributed by atoms with Gasteiger partial charge in [-0.05, 0) is 23.6 Å². The van der Waals surface area contributed by atoms with Crippen LogP contribution in [0.1, 0.15) is 31.1 Å². The van der Waals surface area contributed by atoms with E-state index in [4.69, 9.17) is 4.74 Å². The molecule has 0 bridgehead atoms. The van der Waals surface area contributed by atoms with Gasteiger partial charge in [0.2, 0.25) is 5.91 Å². The fourth-order valence-electron chi connectivity index (χ4n) is 3.88. The minimum atomic E-state index is -0.147. The van der Waals surface area contributed by atoms with Gasteiger partial charge in [0.25, 0.3) is 0 Å². The van der Waals surface area contributed by atoms with E-state index in [1.54, 1.807) is 18.3 Å². The lowest BCUT2D eigenvalue weighted by Crippen LogP contribution is -2.49. The highest BCUT2D eigenvalue weighted by atomic mass is 32.1. The second-order valence-electron chi connectivity index (χ2n) is 7.01. The largest absolute Gasteiger partial charge is 0.485 e. The molecule has 1 saturated heterocycles. The molecule has 2 aromatic rings. The van der Waals surface area contributed by atoms with Crippen molar-refractivity contribution in [1.29, 1.82) is 0 Å². The van der Waals surface area contributed by atoms with Gasteiger partial charge in [-0.2, -0.15) is 0 Å². The van der Waals surface area contributed by atoms with Gasteiger partial charge in [0.05, 0.1) is 12.2 Å². The molecule has 4 nitrogen and oxygen atoms in total. The van der Waals surface area contributed by atoms with Gasteiger partial charge >= 0.3 is 0 Å². The molecule has 2 aliphatic rings. The molecule has 1 spiro atoms.